The second-order valence-corrected chi connectivity index (χ2v) is 36.8. The molecule has 5 rings (SSSR count). The quantitative estimate of drug-likeness (QED) is 0.0133. The summed E-state index contributed by atoms with van der Waals surface area (Å²) in [5.41, 5.74) is 19.2. The van der Waals surface area contributed by atoms with E-state index in [2.05, 4.69) is 95.0 Å². The second kappa shape index (κ2) is 68.1. The fourth-order valence-electron chi connectivity index (χ4n) is 14.9. The fourth-order valence-corrected chi connectivity index (χ4v) is 15.8. The van der Waals surface area contributed by atoms with E-state index in [0.29, 0.717) is 75.5 Å². The van der Waals surface area contributed by atoms with E-state index in [4.69, 9.17) is 41.6 Å². The molecule has 0 bridgehead atoms. The Balaban J connectivity index is 1.53. The number of Topliss-reactive ketones (excluding diaryl/α,β-unsaturated/α-hetero) is 1. The lowest BCUT2D eigenvalue weighted by Gasteiger charge is -2.28. The molecular formula is C97H148N22O25S. The van der Waals surface area contributed by atoms with Gasteiger partial charge in [0.2, 0.25) is 88.6 Å². The highest BCUT2D eigenvalue weighted by atomic mass is 32.2. The Morgan fingerprint density at radius 2 is 0.986 bits per heavy atom. The second-order valence-electron chi connectivity index (χ2n) is 35.8. The maximum atomic E-state index is 15.2. The van der Waals surface area contributed by atoms with E-state index in [1.54, 1.807) is 52.0 Å². The van der Waals surface area contributed by atoms with Crippen LogP contribution in [0.5, 0.6) is 5.75 Å². The topological polar surface area (TPSA) is 728 Å². The third-order valence-corrected chi connectivity index (χ3v) is 23.9. The van der Waals surface area contributed by atoms with Crippen LogP contribution in [0.25, 0.3) is 11.1 Å². The van der Waals surface area contributed by atoms with Crippen LogP contribution in [0.2, 0.25) is 0 Å². The summed E-state index contributed by atoms with van der Waals surface area (Å²) in [5.74, 6) is -20.2. The lowest BCUT2D eigenvalue weighted by molar-refractivity contribution is -0.141. The van der Waals surface area contributed by atoms with Gasteiger partial charge in [-0.05, 0) is 111 Å². The Morgan fingerprint density at radius 1 is 0.503 bits per heavy atom. The number of hydrogen-bond donors (Lipinski definition) is 24. The first kappa shape index (κ1) is 122. The monoisotopic (exact) mass is 2050 g/mol. The smallest absolute Gasteiger partial charge is 0.305 e. The highest BCUT2D eigenvalue weighted by molar-refractivity contribution is 8.00. The molecule has 1 saturated heterocycles. The summed E-state index contributed by atoms with van der Waals surface area (Å²) in [6, 6.07) is 2.04. The molecule has 47 nitrogen and oxygen atoms in total. The molecule has 0 aliphatic carbocycles. The van der Waals surface area contributed by atoms with E-state index in [1.807, 2.05) is 44.2 Å². The number of unbranched alkanes of at least 4 members (excludes halogenated alkanes) is 5. The van der Waals surface area contributed by atoms with Gasteiger partial charge in [0.15, 0.2) is 11.7 Å². The normalized spacial score (nSPS) is 21.2. The van der Waals surface area contributed by atoms with Gasteiger partial charge in [-0.25, -0.2) is 4.98 Å². The molecular weight excluding hydrogens is 1910 g/mol. The number of phenols is 1. The molecule has 27 N–H and O–H groups in total. The van der Waals surface area contributed by atoms with E-state index in [-0.39, 0.29) is 140 Å². The van der Waals surface area contributed by atoms with Crippen LogP contribution in [0, 0.1) is 17.2 Å². The standard InChI is InChI=1S/C97H148N22O25S/c1-8-10-13-23-68-90(134)113-71(50-82(125)126)78(121)53-105-77(88(132)103-37-39-142-41-43-144-45-44-143-42-40-141-38-34-79(122)109-67(85(99)129)22-17-18-35-98)55-145-56-81(124)108-60(7)86(130)110-70(25-19-36-104-97(100)101)89(133)111-69(24-14-11-9-2)91(135)114-74(48-62-28-32-66(120)33-29-62)94(138)116-75(49-65-52-102-57-107-65)95(139)117-76(51-83(127)128)87(131)106-54-80(123)119-84(59(5)6)96(140)118-72(46-58(3)4)92(136)115-73(93(137)112-68)47-61-26-30-64(31-27-61)63-20-15-12-16-21-63/h12,15-16,20-21,26-33,52,57-60,67-77,84,105,120H,8-11,13-14,17-19,22-25,34-51,53-56,98H2,1-7H3,(H2,99,129)(H,102,107)(H,103,132)(H,106,131)(H,108,124)(H,109,122)(H,110,130)(H,111,133)(H,112,137)(H,113,134)(H,114,135)(H,115,136)(H,116,138)(H,117,139)(H,118,140)(H,119,123)(H,125,126)(H,127,128)(H4,100,101,104)/t60-,67-,68-,69-,70-,71-,72-,73-,74-,75-,76-,77-,84-/m0/s1. The van der Waals surface area contributed by atoms with Gasteiger partial charge in [-0.15, -0.1) is 11.8 Å². The summed E-state index contributed by atoms with van der Waals surface area (Å²) in [4.78, 5) is 261. The Labute approximate surface area is 847 Å². The van der Waals surface area contributed by atoms with Gasteiger partial charge in [0, 0.05) is 50.7 Å². The van der Waals surface area contributed by atoms with Gasteiger partial charge < -0.3 is 136 Å². The fraction of sp³-hybridized carbons (Fsp3) is 0.588. The molecule has 48 heteroatoms. The Bertz CT molecular complexity index is 4790. The molecule has 0 radical (unpaired) electrons. The molecule has 0 spiro atoms. The predicted molar refractivity (Wildman–Crippen MR) is 535 cm³/mol. The molecule has 802 valence electrons. The van der Waals surface area contributed by atoms with Crippen molar-refractivity contribution in [3.63, 3.8) is 0 Å². The van der Waals surface area contributed by atoms with Crippen molar-refractivity contribution >= 4 is 124 Å². The SMILES string of the molecule is CCCCC[C@@H]1NC(=O)[C@H](Cc2ccc(-c3ccccc3)cc2)NC(=O)[C@H](CC(C)C)NC(=O)[C@H](C(C)C)NC(=O)CNC(=O)[C@H](CC(=O)O)NC(=O)[C@H](Cc2c[nH]cn2)NC(=O)[C@H](Cc2ccc(O)cc2)NC(=O)[C@H](CCCCC)NC(=O)[C@H](CCCNC(=N)N)NC(=O)[C@H](C)NC(=O)CSC[C@@H](C(=O)NCCOCCOCCOCCOCCC(=O)N[C@@H](CCCCN)C(N)=O)NCC(=O)[C@H](CC(=O)O)NC1=O. The number of phenolic OH excluding ortho intramolecular Hbond substituents is 1. The number of benzene rings is 3. The van der Waals surface area contributed by atoms with Crippen molar-refractivity contribution in [1.82, 2.24) is 95.0 Å². The molecule has 0 unspecified atom stereocenters. The van der Waals surface area contributed by atoms with Crippen LogP contribution in [0.15, 0.2) is 91.4 Å². The number of rotatable bonds is 48. The first-order valence-electron chi connectivity index (χ1n) is 49.0. The van der Waals surface area contributed by atoms with Gasteiger partial charge in [-0.1, -0.05) is 147 Å². The highest BCUT2D eigenvalue weighted by Gasteiger charge is 2.39. The van der Waals surface area contributed by atoms with Crippen molar-refractivity contribution in [3.8, 4) is 16.9 Å². The maximum Gasteiger partial charge on any atom is 0.305 e. The van der Waals surface area contributed by atoms with Crippen molar-refractivity contribution in [3.05, 3.63) is 108 Å². The zero-order valence-electron chi connectivity index (χ0n) is 83.5. The van der Waals surface area contributed by atoms with Gasteiger partial charge in [0.25, 0.3) is 0 Å². The first-order chi connectivity index (χ1) is 69.3. The number of carbonyl (C=O) groups is 18. The van der Waals surface area contributed by atoms with Gasteiger partial charge in [0.1, 0.15) is 72.2 Å². The van der Waals surface area contributed by atoms with Crippen molar-refractivity contribution < 1.29 is 121 Å². The number of primary amides is 1. The molecule has 1 fully saturated rings. The summed E-state index contributed by atoms with van der Waals surface area (Å²) in [6.07, 6.45) is 3.67. The van der Waals surface area contributed by atoms with Crippen LogP contribution in [-0.2, 0) is 125 Å². The van der Waals surface area contributed by atoms with Crippen LogP contribution >= 0.6 is 11.8 Å². The number of aliphatic carboxylic acids is 2. The molecule has 1 aromatic heterocycles. The number of carbonyl (C=O) groups excluding carboxylic acids is 16. The third-order valence-electron chi connectivity index (χ3n) is 22.8. The van der Waals surface area contributed by atoms with Crippen molar-refractivity contribution in [2.45, 2.75) is 255 Å². The number of thioether (sulfide) groups is 1. The highest BCUT2D eigenvalue weighted by Crippen LogP contribution is 2.22. The number of nitrogens with one attached hydrogen (secondary N) is 18. The minimum atomic E-state index is -1.98. The van der Waals surface area contributed by atoms with E-state index >= 15 is 14.4 Å². The number of aromatic nitrogens is 2. The van der Waals surface area contributed by atoms with Crippen molar-refractivity contribution in [2.75, 3.05) is 97.1 Å². The van der Waals surface area contributed by atoms with Gasteiger partial charge >= 0.3 is 11.9 Å². The van der Waals surface area contributed by atoms with Crippen molar-refractivity contribution in [1.29, 1.82) is 5.41 Å². The maximum absolute atomic E-state index is 15.2. The molecule has 0 saturated carbocycles. The van der Waals surface area contributed by atoms with Crippen LogP contribution in [-0.4, -0.2) is 313 Å². The zero-order valence-corrected chi connectivity index (χ0v) is 84.3. The van der Waals surface area contributed by atoms with E-state index in [0.717, 1.165) is 22.9 Å². The number of nitrogens with two attached hydrogens (primary N) is 3. The lowest BCUT2D eigenvalue weighted by Crippen LogP contribution is -2.61. The number of ketones is 1. The number of carboxylic acids is 2. The molecule has 4 aromatic rings. The molecule has 3 aromatic carbocycles. The average Bonchev–Trinajstić information content (AvgIpc) is 1.51. The molecule has 145 heavy (non-hydrogen) atoms. The van der Waals surface area contributed by atoms with Gasteiger partial charge in [-0.2, -0.15) is 0 Å². The predicted octanol–water partition coefficient (Wildman–Crippen LogP) is -1.70. The number of hydrogen-bond acceptors (Lipinski definition) is 28. The summed E-state index contributed by atoms with van der Waals surface area (Å²) < 4.78 is 22.3. The number of amides is 15. The third kappa shape index (κ3) is 49.2. The summed E-state index contributed by atoms with van der Waals surface area (Å²) in [7, 11) is 0. The summed E-state index contributed by atoms with van der Waals surface area (Å²) >= 11 is 0.846. The number of ether oxygens (including phenoxy) is 4. The van der Waals surface area contributed by atoms with Crippen LogP contribution < -0.4 is 102 Å². The number of guanidine groups is 1. The average molecular weight is 2050 g/mol. The van der Waals surface area contributed by atoms with Gasteiger partial charge in [-0.3, -0.25) is 97.0 Å². The Morgan fingerprint density at radius 3 is 1.50 bits per heavy atom. The minimum absolute atomic E-state index is 0.00766. The van der Waals surface area contributed by atoms with Crippen LogP contribution in [0.1, 0.15) is 174 Å². The van der Waals surface area contributed by atoms with Crippen LogP contribution in [0.4, 0.5) is 0 Å². The van der Waals surface area contributed by atoms with E-state index in [1.165, 1.54) is 43.7 Å². The lowest BCUT2D eigenvalue weighted by atomic mass is 9.98. The van der Waals surface area contributed by atoms with E-state index < -0.39 is 235 Å². The number of imidazole rings is 1. The molecule has 13 atom stereocenters. The minimum Gasteiger partial charge on any atom is -0.508 e. The number of aromatic amines is 1. The zero-order chi connectivity index (χ0) is 107. The molecule has 2 heterocycles. The number of H-pyrrole nitrogens is 1. The molecule has 15 amide bonds. The largest absolute Gasteiger partial charge is 0.508 e. The Kier molecular flexibility index (Phi) is 57.4. The number of aromatic hydroxyl groups is 1. The Hall–Kier alpha value is -13.3. The van der Waals surface area contributed by atoms with Gasteiger partial charge in [0.05, 0.1) is 109 Å². The summed E-state index contributed by atoms with van der Waals surface area (Å²) in [6.45, 7) is 11.0. The molecule has 1 aliphatic rings. The molecule has 1 aliphatic heterocycles. The first-order valence-corrected chi connectivity index (χ1v) is 50.2. The summed E-state index contributed by atoms with van der Waals surface area (Å²) in [5, 5.41) is 80.4. The van der Waals surface area contributed by atoms with E-state index in [9.17, 15) is 87.2 Å². The number of nitrogens with zero attached hydrogens (tertiary/aromatic N) is 1. The van der Waals surface area contributed by atoms with Crippen LogP contribution in [0.3, 0.4) is 0 Å². The number of carboxylic acid groups (broad SMARTS) is 2. The van der Waals surface area contributed by atoms with Crippen molar-refractivity contribution in [2.24, 2.45) is 29.0 Å².